The monoisotopic (exact) mass is 1520 g/mol. The lowest BCUT2D eigenvalue weighted by Gasteiger charge is -2.21. The summed E-state index contributed by atoms with van der Waals surface area (Å²) < 4.78 is 68.7. The Balaban J connectivity index is 5.12. The summed E-state index contributed by atoms with van der Waals surface area (Å²) in [6, 6.07) is 0. The van der Waals surface area contributed by atoms with E-state index in [9.17, 15) is 43.2 Å². The number of carbonyl (C=O) groups excluding carboxylic acids is 4. The number of hydrogen-bond donors (Lipinski definition) is 3. The molecule has 0 saturated carbocycles. The summed E-state index contributed by atoms with van der Waals surface area (Å²) in [4.78, 5) is 73.0. The number of unbranched alkanes of at least 4 members (excludes halogenated alkanes) is 46. The van der Waals surface area contributed by atoms with Crippen molar-refractivity contribution in [2.45, 2.75) is 459 Å². The molecule has 0 spiro atoms. The molecule has 0 aromatic heterocycles. The average molecular weight is 1520 g/mol. The van der Waals surface area contributed by atoms with E-state index in [0.29, 0.717) is 31.6 Å². The summed E-state index contributed by atoms with van der Waals surface area (Å²) in [5.74, 6) is 1.03. The molecule has 0 aliphatic heterocycles. The molecular formula is C85H166O17P2. The molecule has 0 heterocycles. The molecule has 7 atom stereocenters. The molecule has 17 nitrogen and oxygen atoms in total. The van der Waals surface area contributed by atoms with Crippen LogP contribution in [0.4, 0.5) is 0 Å². The number of aliphatic hydroxyl groups is 1. The number of hydrogen-bond acceptors (Lipinski definition) is 15. The van der Waals surface area contributed by atoms with Crippen LogP contribution in [0, 0.1) is 23.7 Å². The van der Waals surface area contributed by atoms with Crippen LogP contribution in [0.3, 0.4) is 0 Å². The minimum Gasteiger partial charge on any atom is -0.462 e. The largest absolute Gasteiger partial charge is 0.472 e. The number of ether oxygens (including phenoxy) is 4. The van der Waals surface area contributed by atoms with Crippen molar-refractivity contribution >= 4 is 39.5 Å². The van der Waals surface area contributed by atoms with Crippen LogP contribution in [0.15, 0.2) is 0 Å². The predicted molar refractivity (Wildman–Crippen MR) is 428 cm³/mol. The van der Waals surface area contributed by atoms with E-state index in [1.54, 1.807) is 0 Å². The summed E-state index contributed by atoms with van der Waals surface area (Å²) in [7, 11) is -9.92. The molecule has 0 aromatic carbocycles. The number of esters is 4. The topological polar surface area (TPSA) is 237 Å². The van der Waals surface area contributed by atoms with Crippen molar-refractivity contribution in [3.63, 3.8) is 0 Å². The van der Waals surface area contributed by atoms with Crippen LogP contribution in [-0.2, 0) is 65.4 Å². The molecule has 0 saturated heterocycles. The lowest BCUT2D eigenvalue weighted by atomic mass is 9.99. The molecule has 618 valence electrons. The zero-order chi connectivity index (χ0) is 76.7. The first-order valence-corrected chi connectivity index (χ1v) is 46.8. The Hall–Kier alpha value is -1.94. The lowest BCUT2D eigenvalue weighted by Crippen LogP contribution is -2.30. The molecule has 0 bridgehead atoms. The quantitative estimate of drug-likeness (QED) is 0.0222. The van der Waals surface area contributed by atoms with Crippen LogP contribution >= 0.6 is 15.6 Å². The molecule has 0 aromatic rings. The molecule has 19 heteroatoms. The Labute approximate surface area is 638 Å². The van der Waals surface area contributed by atoms with E-state index < -0.39 is 97.5 Å². The Morgan fingerprint density at radius 2 is 0.462 bits per heavy atom. The number of aliphatic hydroxyl groups excluding tert-OH is 1. The fourth-order valence-electron chi connectivity index (χ4n) is 13.1. The van der Waals surface area contributed by atoms with Gasteiger partial charge in [0.25, 0.3) is 0 Å². The van der Waals surface area contributed by atoms with Gasteiger partial charge in [-0.25, -0.2) is 9.13 Å². The molecule has 0 fully saturated rings. The van der Waals surface area contributed by atoms with Gasteiger partial charge in [-0.3, -0.25) is 37.3 Å². The number of phosphoric ester groups is 2. The second-order valence-corrected chi connectivity index (χ2v) is 34.9. The molecular weight excluding hydrogens is 1350 g/mol. The fraction of sp³-hybridized carbons (Fsp3) is 0.953. The normalized spacial score (nSPS) is 14.5. The van der Waals surface area contributed by atoms with E-state index in [1.165, 1.54) is 238 Å². The van der Waals surface area contributed by atoms with E-state index in [4.69, 9.17) is 37.0 Å². The highest BCUT2D eigenvalue weighted by Gasteiger charge is 2.30. The van der Waals surface area contributed by atoms with Crippen LogP contribution in [0.2, 0.25) is 0 Å². The zero-order valence-corrected chi connectivity index (χ0v) is 70.5. The second kappa shape index (κ2) is 73.8. The van der Waals surface area contributed by atoms with Crippen LogP contribution in [-0.4, -0.2) is 96.7 Å². The first-order valence-electron chi connectivity index (χ1n) is 43.8. The highest BCUT2D eigenvalue weighted by molar-refractivity contribution is 7.47. The Bertz CT molecular complexity index is 2030. The maximum atomic E-state index is 13.1. The third kappa shape index (κ3) is 75.5. The minimum absolute atomic E-state index is 0.107. The number of rotatable bonds is 82. The van der Waals surface area contributed by atoms with Gasteiger partial charge < -0.3 is 33.8 Å². The third-order valence-electron chi connectivity index (χ3n) is 20.5. The van der Waals surface area contributed by atoms with E-state index in [0.717, 1.165) is 114 Å². The summed E-state index contributed by atoms with van der Waals surface area (Å²) in [6.07, 6.45) is 62.8. The summed E-state index contributed by atoms with van der Waals surface area (Å²) in [6.45, 7) is 14.3. The van der Waals surface area contributed by atoms with Gasteiger partial charge in [0.15, 0.2) is 12.2 Å². The summed E-state index contributed by atoms with van der Waals surface area (Å²) >= 11 is 0. The van der Waals surface area contributed by atoms with Crippen LogP contribution in [0.1, 0.15) is 441 Å². The van der Waals surface area contributed by atoms with Crippen molar-refractivity contribution in [1.29, 1.82) is 0 Å². The van der Waals surface area contributed by atoms with Crippen molar-refractivity contribution in [2.24, 2.45) is 23.7 Å². The van der Waals surface area contributed by atoms with Crippen molar-refractivity contribution in [2.75, 3.05) is 39.6 Å². The molecule has 4 unspecified atom stereocenters. The summed E-state index contributed by atoms with van der Waals surface area (Å²) in [5.41, 5.74) is 0. The molecule has 0 aliphatic carbocycles. The maximum Gasteiger partial charge on any atom is 0.472 e. The first kappa shape index (κ1) is 102. The average Bonchev–Trinajstić information content (AvgIpc) is 0.908. The first-order chi connectivity index (χ1) is 50.2. The summed E-state index contributed by atoms with van der Waals surface area (Å²) in [5, 5.41) is 10.7. The molecule has 0 radical (unpaired) electrons. The Kier molecular flexibility index (Phi) is 72.5. The highest BCUT2D eigenvalue weighted by Crippen LogP contribution is 2.45. The second-order valence-electron chi connectivity index (χ2n) is 32.0. The van der Waals surface area contributed by atoms with Gasteiger partial charge in [0, 0.05) is 25.7 Å². The van der Waals surface area contributed by atoms with Gasteiger partial charge in [-0.2, -0.15) is 0 Å². The van der Waals surface area contributed by atoms with Crippen molar-refractivity contribution in [3.8, 4) is 0 Å². The predicted octanol–water partition coefficient (Wildman–Crippen LogP) is 25.6. The molecule has 3 N–H and O–H groups in total. The molecule has 0 aliphatic rings. The van der Waals surface area contributed by atoms with E-state index >= 15 is 0 Å². The minimum atomic E-state index is -4.96. The van der Waals surface area contributed by atoms with Crippen LogP contribution < -0.4 is 0 Å². The van der Waals surface area contributed by atoms with Crippen LogP contribution in [0.25, 0.3) is 0 Å². The Morgan fingerprint density at radius 1 is 0.269 bits per heavy atom. The van der Waals surface area contributed by atoms with Gasteiger partial charge in [0.1, 0.15) is 19.3 Å². The zero-order valence-electron chi connectivity index (χ0n) is 68.7. The van der Waals surface area contributed by atoms with Gasteiger partial charge in [0.2, 0.25) is 0 Å². The fourth-order valence-corrected chi connectivity index (χ4v) is 14.7. The van der Waals surface area contributed by atoms with Gasteiger partial charge in [-0.05, 0) is 49.4 Å². The maximum absolute atomic E-state index is 13.1. The Morgan fingerprint density at radius 3 is 0.683 bits per heavy atom. The van der Waals surface area contributed by atoms with Crippen molar-refractivity contribution in [3.05, 3.63) is 0 Å². The standard InChI is InChI=1S/C85H166O17P2/c1-9-77(7)63-55-47-38-31-27-23-19-15-11-13-17-21-25-29-33-41-51-59-67-84(89)101-80(71-95-82(87)65-57-49-40-36-35-37-45-53-61-75(3)4)73-99-103(91,92)97-69-79(86)70-98-104(93,94)100-74-81(72-96-83(88)66-58-50-44-43-46-54-62-76(5)6)102-85(90)68-60-52-42-34-30-26-22-18-14-12-16-20-24-28-32-39-48-56-64-78(8)10-2/h75-81,86H,9-74H2,1-8H3,(H,91,92)(H,93,94)/t77?,78?,79-,80-,81-/m1/s1. The smallest absolute Gasteiger partial charge is 0.462 e. The lowest BCUT2D eigenvalue weighted by molar-refractivity contribution is -0.161. The third-order valence-corrected chi connectivity index (χ3v) is 22.4. The van der Waals surface area contributed by atoms with E-state index in [1.807, 2.05) is 0 Å². The molecule has 0 amide bonds. The van der Waals surface area contributed by atoms with Crippen LogP contribution in [0.5, 0.6) is 0 Å². The molecule has 0 rings (SSSR count). The molecule has 104 heavy (non-hydrogen) atoms. The number of carbonyl (C=O) groups is 4. The van der Waals surface area contributed by atoms with E-state index in [-0.39, 0.29) is 25.7 Å². The van der Waals surface area contributed by atoms with Gasteiger partial charge in [-0.1, -0.05) is 389 Å². The SMILES string of the molecule is CCC(C)CCCCCCCCCCCCCCCCCCCCC(=O)O[C@H](COC(=O)CCCCCCCCCCC(C)C)COP(=O)(O)OC[C@@H](O)COP(=O)(O)OC[C@@H](COC(=O)CCCCCCCCC(C)C)OC(=O)CCCCCCCCCCCCCCCCCCCCC(C)CC. The van der Waals surface area contributed by atoms with Gasteiger partial charge in [-0.15, -0.1) is 0 Å². The van der Waals surface area contributed by atoms with Crippen molar-refractivity contribution < 1.29 is 80.2 Å². The van der Waals surface area contributed by atoms with Crippen molar-refractivity contribution in [1.82, 2.24) is 0 Å². The van der Waals surface area contributed by atoms with Gasteiger partial charge in [0.05, 0.1) is 26.4 Å². The van der Waals surface area contributed by atoms with E-state index in [2.05, 4.69) is 55.4 Å². The van der Waals surface area contributed by atoms with Gasteiger partial charge >= 0.3 is 39.5 Å². The number of phosphoric acid groups is 2. The highest BCUT2D eigenvalue weighted by atomic mass is 31.2.